The van der Waals surface area contributed by atoms with Gasteiger partial charge in [-0.15, -0.1) is 0 Å². The lowest BCUT2D eigenvalue weighted by atomic mass is 10.1. The number of hydrogen-bond acceptors (Lipinski definition) is 2. The molecule has 0 bridgehead atoms. The van der Waals surface area contributed by atoms with Crippen molar-refractivity contribution in [1.29, 1.82) is 0 Å². The van der Waals surface area contributed by atoms with Crippen LogP contribution in [0.5, 0.6) is 0 Å². The summed E-state index contributed by atoms with van der Waals surface area (Å²) < 4.78 is 15.0. The first-order valence-corrected chi connectivity index (χ1v) is 8.40. The molecule has 4 nitrogen and oxygen atoms in total. The highest BCUT2D eigenvalue weighted by Crippen LogP contribution is 2.19. The Kier molecular flexibility index (Phi) is 5.31. The van der Waals surface area contributed by atoms with Crippen LogP contribution in [0.1, 0.15) is 11.1 Å². The fourth-order valence-corrected chi connectivity index (χ4v) is 2.76. The topological polar surface area (TPSA) is 41.9 Å². The molecular formula is C18H16ClFN4S. The van der Waals surface area contributed by atoms with Crippen molar-refractivity contribution >= 4 is 40.3 Å². The van der Waals surface area contributed by atoms with Gasteiger partial charge in [-0.3, -0.25) is 4.68 Å². The Morgan fingerprint density at radius 3 is 2.72 bits per heavy atom. The van der Waals surface area contributed by atoms with E-state index in [9.17, 15) is 4.39 Å². The molecule has 3 aromatic rings. The molecule has 2 aromatic carbocycles. The maximum Gasteiger partial charge on any atom is 0.175 e. The van der Waals surface area contributed by atoms with Gasteiger partial charge in [-0.25, -0.2) is 4.39 Å². The normalized spacial score (nSPS) is 10.5. The van der Waals surface area contributed by atoms with Gasteiger partial charge in [0.05, 0.1) is 23.5 Å². The minimum atomic E-state index is -0.469. The molecule has 0 spiro atoms. The van der Waals surface area contributed by atoms with Gasteiger partial charge in [0.1, 0.15) is 5.82 Å². The predicted molar refractivity (Wildman–Crippen MR) is 104 cm³/mol. The molecule has 0 saturated carbocycles. The van der Waals surface area contributed by atoms with Gasteiger partial charge < -0.3 is 10.6 Å². The molecule has 0 radical (unpaired) electrons. The zero-order chi connectivity index (χ0) is 17.8. The second-order valence-electron chi connectivity index (χ2n) is 5.56. The lowest BCUT2D eigenvalue weighted by Crippen LogP contribution is -2.18. The van der Waals surface area contributed by atoms with E-state index in [1.165, 1.54) is 23.3 Å². The van der Waals surface area contributed by atoms with E-state index < -0.39 is 5.82 Å². The quantitative estimate of drug-likeness (QED) is 0.641. The molecule has 0 aliphatic rings. The highest BCUT2D eigenvalue weighted by atomic mass is 35.5. The number of thiocarbonyl (C=S) groups is 1. The smallest absolute Gasteiger partial charge is 0.175 e. The summed E-state index contributed by atoms with van der Waals surface area (Å²) >= 11 is 11.0. The Morgan fingerprint density at radius 1 is 1.20 bits per heavy atom. The van der Waals surface area contributed by atoms with Gasteiger partial charge in [0.25, 0.3) is 0 Å². The van der Waals surface area contributed by atoms with E-state index in [0.717, 1.165) is 5.69 Å². The molecule has 3 rings (SSSR count). The fourth-order valence-electron chi connectivity index (χ4n) is 2.34. The van der Waals surface area contributed by atoms with Crippen LogP contribution in [0.25, 0.3) is 0 Å². The number of rotatable bonds is 4. The first-order chi connectivity index (χ1) is 12.0. The van der Waals surface area contributed by atoms with Crippen LogP contribution in [0.3, 0.4) is 0 Å². The van der Waals surface area contributed by atoms with E-state index >= 15 is 0 Å². The molecule has 1 heterocycles. The van der Waals surface area contributed by atoms with Crippen molar-refractivity contribution in [3.05, 3.63) is 76.8 Å². The second kappa shape index (κ2) is 7.63. The standard InChI is InChI=1S/C18H16ClFN4S/c1-12-4-2-3-5-13(12)10-24-11-15(9-21-24)23-18(25)22-14-6-7-17(20)16(19)8-14/h2-9,11H,10H2,1H3,(H2,22,23,25). The first kappa shape index (κ1) is 17.4. The Hall–Kier alpha value is -2.44. The summed E-state index contributed by atoms with van der Waals surface area (Å²) in [5.41, 5.74) is 3.80. The van der Waals surface area contributed by atoms with E-state index in [1.54, 1.807) is 12.3 Å². The van der Waals surface area contributed by atoms with Crippen molar-refractivity contribution in [2.24, 2.45) is 0 Å². The Labute approximate surface area is 155 Å². The molecular weight excluding hydrogens is 359 g/mol. The summed E-state index contributed by atoms with van der Waals surface area (Å²) in [6.45, 7) is 2.76. The van der Waals surface area contributed by atoms with Gasteiger partial charge in [0.2, 0.25) is 0 Å². The fraction of sp³-hybridized carbons (Fsp3) is 0.111. The molecule has 0 atom stereocenters. The third-order valence-electron chi connectivity index (χ3n) is 3.66. The minimum Gasteiger partial charge on any atom is -0.332 e. The molecule has 0 fully saturated rings. The average Bonchev–Trinajstić information content (AvgIpc) is 3.00. The minimum absolute atomic E-state index is 0.0406. The number of benzene rings is 2. The molecule has 0 unspecified atom stereocenters. The monoisotopic (exact) mass is 374 g/mol. The molecule has 0 aliphatic carbocycles. The van der Waals surface area contributed by atoms with Gasteiger partial charge in [-0.05, 0) is 48.5 Å². The Bertz CT molecular complexity index is 910. The highest BCUT2D eigenvalue weighted by Gasteiger charge is 2.05. The van der Waals surface area contributed by atoms with Crippen LogP contribution in [0, 0.1) is 12.7 Å². The number of aromatic nitrogens is 2. The van der Waals surface area contributed by atoms with Crippen LogP contribution in [0.2, 0.25) is 5.02 Å². The summed E-state index contributed by atoms with van der Waals surface area (Å²) in [5.74, 6) is -0.469. The summed E-state index contributed by atoms with van der Waals surface area (Å²) in [5, 5.41) is 10.8. The molecule has 7 heteroatoms. The SMILES string of the molecule is Cc1ccccc1Cn1cc(NC(=S)Nc2ccc(F)c(Cl)c2)cn1. The van der Waals surface area contributed by atoms with Crippen molar-refractivity contribution < 1.29 is 4.39 Å². The number of nitrogens with zero attached hydrogens (tertiary/aromatic N) is 2. The van der Waals surface area contributed by atoms with Crippen LogP contribution >= 0.6 is 23.8 Å². The van der Waals surface area contributed by atoms with E-state index in [0.29, 0.717) is 17.3 Å². The largest absolute Gasteiger partial charge is 0.332 e. The maximum absolute atomic E-state index is 13.2. The van der Waals surface area contributed by atoms with Crippen molar-refractivity contribution in [1.82, 2.24) is 9.78 Å². The Balaban J connectivity index is 1.61. The molecule has 2 N–H and O–H groups in total. The summed E-state index contributed by atoms with van der Waals surface area (Å²) in [6.07, 6.45) is 3.57. The van der Waals surface area contributed by atoms with E-state index in [1.807, 2.05) is 23.0 Å². The number of anilines is 2. The van der Waals surface area contributed by atoms with Gasteiger partial charge in [-0.2, -0.15) is 5.10 Å². The van der Waals surface area contributed by atoms with Crippen molar-refractivity contribution in [3.8, 4) is 0 Å². The molecule has 1 aromatic heterocycles. The number of nitrogens with one attached hydrogen (secondary N) is 2. The lowest BCUT2D eigenvalue weighted by molar-refractivity contribution is 0.628. The highest BCUT2D eigenvalue weighted by molar-refractivity contribution is 7.80. The lowest BCUT2D eigenvalue weighted by Gasteiger charge is -2.09. The van der Waals surface area contributed by atoms with Crippen LogP contribution < -0.4 is 10.6 Å². The van der Waals surface area contributed by atoms with Crippen molar-refractivity contribution in [2.45, 2.75) is 13.5 Å². The van der Waals surface area contributed by atoms with Gasteiger partial charge in [0, 0.05) is 11.9 Å². The van der Waals surface area contributed by atoms with E-state index in [-0.39, 0.29) is 5.02 Å². The predicted octanol–water partition coefficient (Wildman–Crippen LogP) is 4.84. The van der Waals surface area contributed by atoms with Crippen LogP contribution in [0.15, 0.2) is 54.9 Å². The summed E-state index contributed by atoms with van der Waals surface area (Å²) in [7, 11) is 0. The first-order valence-electron chi connectivity index (χ1n) is 7.61. The third-order valence-corrected chi connectivity index (χ3v) is 4.16. The zero-order valence-corrected chi connectivity index (χ0v) is 15.0. The van der Waals surface area contributed by atoms with E-state index in [2.05, 4.69) is 34.8 Å². The van der Waals surface area contributed by atoms with Crippen molar-refractivity contribution in [3.63, 3.8) is 0 Å². The van der Waals surface area contributed by atoms with Gasteiger partial charge >= 0.3 is 0 Å². The maximum atomic E-state index is 13.2. The third kappa shape index (κ3) is 4.55. The number of aryl methyl sites for hydroxylation is 1. The average molecular weight is 375 g/mol. The molecule has 0 amide bonds. The number of halogens is 2. The Morgan fingerprint density at radius 2 is 1.96 bits per heavy atom. The molecule has 0 saturated heterocycles. The van der Waals surface area contributed by atoms with Crippen LogP contribution in [-0.4, -0.2) is 14.9 Å². The molecule has 0 aliphatic heterocycles. The van der Waals surface area contributed by atoms with E-state index in [4.69, 9.17) is 23.8 Å². The number of hydrogen-bond donors (Lipinski definition) is 2. The molecule has 128 valence electrons. The van der Waals surface area contributed by atoms with Gasteiger partial charge in [-0.1, -0.05) is 35.9 Å². The second-order valence-corrected chi connectivity index (χ2v) is 6.38. The molecule has 25 heavy (non-hydrogen) atoms. The van der Waals surface area contributed by atoms with Crippen LogP contribution in [-0.2, 0) is 6.54 Å². The summed E-state index contributed by atoms with van der Waals surface area (Å²) in [4.78, 5) is 0. The summed E-state index contributed by atoms with van der Waals surface area (Å²) in [6, 6.07) is 12.5. The van der Waals surface area contributed by atoms with Crippen LogP contribution in [0.4, 0.5) is 15.8 Å². The van der Waals surface area contributed by atoms with Crippen molar-refractivity contribution in [2.75, 3.05) is 10.6 Å². The van der Waals surface area contributed by atoms with Gasteiger partial charge in [0.15, 0.2) is 5.11 Å². The zero-order valence-electron chi connectivity index (χ0n) is 13.5.